The molecular weight excluding hydrogens is 238 g/mol. The third-order valence-electron chi connectivity index (χ3n) is 4.57. The Kier molecular flexibility index (Phi) is 7.18. The van der Waals surface area contributed by atoms with Crippen LogP contribution >= 0.6 is 0 Å². The normalized spacial score (nSPS) is 26.7. The molecule has 112 valence electrons. The molecule has 2 fully saturated rings. The minimum Gasteiger partial charge on any atom is -0.381 e. The van der Waals surface area contributed by atoms with Gasteiger partial charge in [0.1, 0.15) is 0 Å². The van der Waals surface area contributed by atoms with Gasteiger partial charge in [0, 0.05) is 25.2 Å². The van der Waals surface area contributed by atoms with Gasteiger partial charge in [-0.05, 0) is 38.1 Å². The van der Waals surface area contributed by atoms with Gasteiger partial charge in [0.2, 0.25) is 0 Å². The molecule has 0 bridgehead atoms. The number of hydrogen-bond acceptors (Lipinski definition) is 3. The summed E-state index contributed by atoms with van der Waals surface area (Å²) in [6.07, 6.45) is 9.36. The molecule has 3 heteroatoms. The molecule has 0 aromatic heterocycles. The molecule has 1 N–H and O–H groups in total. The summed E-state index contributed by atoms with van der Waals surface area (Å²) in [5.41, 5.74) is 0. The van der Waals surface area contributed by atoms with Crippen molar-refractivity contribution in [1.82, 2.24) is 5.32 Å². The van der Waals surface area contributed by atoms with Gasteiger partial charge in [-0.3, -0.25) is 0 Å². The van der Waals surface area contributed by atoms with Crippen LogP contribution in [0.3, 0.4) is 0 Å². The predicted octanol–water partition coefficient (Wildman–Crippen LogP) is 2.99. The summed E-state index contributed by atoms with van der Waals surface area (Å²) < 4.78 is 11.5. The molecule has 0 aromatic rings. The molecule has 0 amide bonds. The van der Waals surface area contributed by atoms with Crippen molar-refractivity contribution < 1.29 is 9.47 Å². The van der Waals surface area contributed by atoms with Crippen LogP contribution in [0.15, 0.2) is 0 Å². The quantitative estimate of drug-likeness (QED) is 0.735. The maximum absolute atomic E-state index is 6.03. The lowest BCUT2D eigenvalue weighted by Crippen LogP contribution is -2.41. The number of hydrogen-bond donors (Lipinski definition) is 1. The minimum atomic E-state index is 0.492. The molecule has 1 aliphatic carbocycles. The minimum absolute atomic E-state index is 0.492. The van der Waals surface area contributed by atoms with Crippen molar-refractivity contribution in [3.63, 3.8) is 0 Å². The van der Waals surface area contributed by atoms with Crippen LogP contribution < -0.4 is 5.32 Å². The maximum atomic E-state index is 6.03. The highest BCUT2D eigenvalue weighted by Crippen LogP contribution is 2.24. The molecule has 1 saturated carbocycles. The molecular formula is C16H31NO2. The molecule has 1 saturated heterocycles. The predicted molar refractivity (Wildman–Crippen MR) is 78.4 cm³/mol. The van der Waals surface area contributed by atoms with Crippen LogP contribution in [0.1, 0.15) is 51.9 Å². The van der Waals surface area contributed by atoms with E-state index in [9.17, 15) is 0 Å². The number of rotatable bonds is 8. The van der Waals surface area contributed by atoms with E-state index in [0.29, 0.717) is 12.0 Å². The van der Waals surface area contributed by atoms with E-state index in [0.717, 1.165) is 38.9 Å². The van der Waals surface area contributed by atoms with Crippen LogP contribution in [0.2, 0.25) is 0 Å². The third-order valence-corrected chi connectivity index (χ3v) is 4.57. The Morgan fingerprint density at radius 3 is 2.74 bits per heavy atom. The topological polar surface area (TPSA) is 30.5 Å². The van der Waals surface area contributed by atoms with Gasteiger partial charge >= 0.3 is 0 Å². The summed E-state index contributed by atoms with van der Waals surface area (Å²) in [5, 5.41) is 3.64. The average Bonchev–Trinajstić information content (AvgIpc) is 2.98. The molecule has 0 spiro atoms. The monoisotopic (exact) mass is 269 g/mol. The van der Waals surface area contributed by atoms with Crippen molar-refractivity contribution in [3.8, 4) is 0 Å². The summed E-state index contributed by atoms with van der Waals surface area (Å²) in [6.45, 7) is 6.99. The van der Waals surface area contributed by atoms with Gasteiger partial charge in [0.05, 0.1) is 13.2 Å². The highest BCUT2D eigenvalue weighted by molar-refractivity contribution is 4.79. The van der Waals surface area contributed by atoms with Crippen molar-refractivity contribution in [2.24, 2.45) is 11.8 Å². The second-order valence-electron chi connectivity index (χ2n) is 6.23. The molecule has 3 nitrogen and oxygen atoms in total. The zero-order valence-corrected chi connectivity index (χ0v) is 12.5. The summed E-state index contributed by atoms with van der Waals surface area (Å²) in [7, 11) is 0. The van der Waals surface area contributed by atoms with Gasteiger partial charge in [0.25, 0.3) is 0 Å². The lowest BCUT2D eigenvalue weighted by molar-refractivity contribution is 0.0546. The average molecular weight is 269 g/mol. The first-order chi connectivity index (χ1) is 9.40. The maximum Gasteiger partial charge on any atom is 0.0623 e. The zero-order chi connectivity index (χ0) is 13.3. The Morgan fingerprint density at radius 1 is 1.21 bits per heavy atom. The lowest BCUT2D eigenvalue weighted by Gasteiger charge is -2.26. The fraction of sp³-hybridized carbons (Fsp3) is 1.00. The van der Waals surface area contributed by atoms with E-state index in [1.54, 1.807) is 0 Å². The van der Waals surface area contributed by atoms with E-state index in [1.807, 2.05) is 0 Å². The van der Waals surface area contributed by atoms with Gasteiger partial charge in [-0.2, -0.15) is 0 Å². The number of nitrogens with one attached hydrogen (secondary N) is 1. The lowest BCUT2D eigenvalue weighted by atomic mass is 9.90. The summed E-state index contributed by atoms with van der Waals surface area (Å²) in [4.78, 5) is 0. The Labute approximate surface area is 118 Å². The van der Waals surface area contributed by atoms with Crippen LogP contribution in [0.5, 0.6) is 0 Å². The highest BCUT2D eigenvalue weighted by Gasteiger charge is 2.25. The van der Waals surface area contributed by atoms with E-state index in [1.165, 1.54) is 44.9 Å². The third kappa shape index (κ3) is 5.41. The first-order valence-electron chi connectivity index (χ1n) is 8.29. The fourth-order valence-electron chi connectivity index (χ4n) is 3.28. The largest absolute Gasteiger partial charge is 0.381 e. The van der Waals surface area contributed by atoms with E-state index in [-0.39, 0.29) is 0 Å². The first-order valence-corrected chi connectivity index (χ1v) is 8.29. The Bertz CT molecular complexity index is 223. The molecule has 0 radical (unpaired) electrons. The second kappa shape index (κ2) is 8.93. The Hall–Kier alpha value is -0.120. The first kappa shape index (κ1) is 15.3. The smallest absolute Gasteiger partial charge is 0.0623 e. The summed E-state index contributed by atoms with van der Waals surface area (Å²) in [5.74, 6) is 1.47. The highest BCUT2D eigenvalue weighted by atomic mass is 16.5. The van der Waals surface area contributed by atoms with Crippen molar-refractivity contribution in [2.75, 3.05) is 33.0 Å². The molecule has 19 heavy (non-hydrogen) atoms. The standard InChI is InChI=1S/C16H31NO2/c1-2-9-17-16(15-8-10-18-12-15)13-19-11-14-6-4-3-5-7-14/h14-17H,2-13H2,1H3. The molecule has 1 aliphatic heterocycles. The molecule has 1 heterocycles. The van der Waals surface area contributed by atoms with Gasteiger partial charge in [-0.15, -0.1) is 0 Å². The molecule has 0 aromatic carbocycles. The van der Waals surface area contributed by atoms with Gasteiger partial charge < -0.3 is 14.8 Å². The van der Waals surface area contributed by atoms with Crippen molar-refractivity contribution >= 4 is 0 Å². The van der Waals surface area contributed by atoms with E-state index in [4.69, 9.17) is 9.47 Å². The van der Waals surface area contributed by atoms with Crippen molar-refractivity contribution in [2.45, 2.75) is 57.9 Å². The van der Waals surface area contributed by atoms with Gasteiger partial charge in [-0.25, -0.2) is 0 Å². The fourth-order valence-corrected chi connectivity index (χ4v) is 3.28. The number of ether oxygens (including phenoxy) is 2. The van der Waals surface area contributed by atoms with E-state index < -0.39 is 0 Å². The van der Waals surface area contributed by atoms with Crippen LogP contribution in [0.25, 0.3) is 0 Å². The second-order valence-corrected chi connectivity index (χ2v) is 6.23. The van der Waals surface area contributed by atoms with E-state index in [2.05, 4.69) is 12.2 Å². The van der Waals surface area contributed by atoms with Crippen LogP contribution in [0, 0.1) is 11.8 Å². The summed E-state index contributed by atoms with van der Waals surface area (Å²) >= 11 is 0. The molecule has 2 atom stereocenters. The zero-order valence-electron chi connectivity index (χ0n) is 12.5. The van der Waals surface area contributed by atoms with Crippen LogP contribution in [-0.4, -0.2) is 39.0 Å². The van der Waals surface area contributed by atoms with Gasteiger partial charge in [0.15, 0.2) is 0 Å². The van der Waals surface area contributed by atoms with Crippen LogP contribution in [0.4, 0.5) is 0 Å². The summed E-state index contributed by atoms with van der Waals surface area (Å²) in [6, 6.07) is 0.492. The SMILES string of the molecule is CCCNC(COCC1CCCCC1)C1CCOC1. The van der Waals surface area contributed by atoms with Crippen molar-refractivity contribution in [3.05, 3.63) is 0 Å². The Morgan fingerprint density at radius 2 is 2.05 bits per heavy atom. The van der Waals surface area contributed by atoms with Crippen molar-refractivity contribution in [1.29, 1.82) is 0 Å². The van der Waals surface area contributed by atoms with Crippen LogP contribution in [-0.2, 0) is 9.47 Å². The molecule has 2 aliphatic rings. The molecule has 2 unspecified atom stereocenters. The van der Waals surface area contributed by atoms with Gasteiger partial charge in [-0.1, -0.05) is 26.2 Å². The Balaban J connectivity index is 1.66. The van der Waals surface area contributed by atoms with E-state index >= 15 is 0 Å². The molecule has 2 rings (SSSR count).